The Kier molecular flexibility index (Phi) is 3.17. The van der Waals surface area contributed by atoms with Gasteiger partial charge in [0.05, 0.1) is 9.92 Å². The van der Waals surface area contributed by atoms with Gasteiger partial charge in [0, 0.05) is 0 Å². The molecule has 0 radical (unpaired) electrons. The highest BCUT2D eigenvalue weighted by molar-refractivity contribution is 7.91. The van der Waals surface area contributed by atoms with Crippen LogP contribution in [0.4, 0.5) is 4.39 Å². The molecule has 0 atom stereocenters. The first kappa shape index (κ1) is 12.1. The van der Waals surface area contributed by atoms with Crippen molar-refractivity contribution in [1.29, 1.82) is 0 Å². The zero-order valence-corrected chi connectivity index (χ0v) is 10.2. The predicted molar refractivity (Wildman–Crippen MR) is 63.3 cm³/mol. The molecule has 0 aliphatic rings. The molecule has 2 aromatic rings. The molecule has 0 N–H and O–H groups in total. The van der Waals surface area contributed by atoms with Gasteiger partial charge in [-0.25, -0.2) is 12.8 Å². The Morgan fingerprint density at radius 2 is 1.59 bits per heavy atom. The monoisotopic (exact) mass is 270 g/mol. The van der Waals surface area contributed by atoms with E-state index in [-0.39, 0.29) is 9.92 Å². The van der Waals surface area contributed by atoms with Gasteiger partial charge in [0.2, 0.25) is 9.84 Å². The number of sulfone groups is 1. The van der Waals surface area contributed by atoms with E-state index < -0.39 is 20.5 Å². The molecule has 0 fully saturated rings. The van der Waals surface area contributed by atoms with Crippen LogP contribution in [0.25, 0.3) is 0 Å². The third kappa shape index (κ3) is 2.18. The number of benzene rings is 2. The van der Waals surface area contributed by atoms with Crippen molar-refractivity contribution in [1.82, 2.24) is 0 Å². The molecule has 0 amide bonds. The van der Waals surface area contributed by atoms with Gasteiger partial charge in [-0.1, -0.05) is 35.9 Å². The number of halogens is 2. The molecule has 0 aliphatic carbocycles. The van der Waals surface area contributed by atoms with Crippen LogP contribution in [0, 0.1) is 5.82 Å². The average Bonchev–Trinajstić information content (AvgIpc) is 2.33. The zero-order valence-electron chi connectivity index (χ0n) is 8.60. The molecule has 5 heteroatoms. The van der Waals surface area contributed by atoms with Crippen molar-refractivity contribution in [3.63, 3.8) is 0 Å². The van der Waals surface area contributed by atoms with Gasteiger partial charge in [0.1, 0.15) is 4.90 Å². The van der Waals surface area contributed by atoms with Gasteiger partial charge in [-0.05, 0) is 24.3 Å². The van der Waals surface area contributed by atoms with Crippen LogP contribution in [0.3, 0.4) is 0 Å². The second kappa shape index (κ2) is 4.47. The highest BCUT2D eigenvalue weighted by atomic mass is 35.5. The molecule has 2 nitrogen and oxygen atoms in total. The van der Waals surface area contributed by atoms with Crippen molar-refractivity contribution in [2.45, 2.75) is 9.79 Å². The van der Waals surface area contributed by atoms with Crippen molar-refractivity contribution < 1.29 is 12.8 Å². The first-order chi connectivity index (χ1) is 8.03. The molecule has 0 unspecified atom stereocenters. The predicted octanol–water partition coefficient (Wildman–Crippen LogP) is 3.31. The summed E-state index contributed by atoms with van der Waals surface area (Å²) in [6, 6.07) is 11.6. The maximum atomic E-state index is 13.7. The fraction of sp³-hybridized carbons (Fsp3) is 0. The van der Waals surface area contributed by atoms with Crippen LogP contribution in [-0.4, -0.2) is 8.42 Å². The molecule has 2 aromatic carbocycles. The molecular weight excluding hydrogens is 263 g/mol. The van der Waals surface area contributed by atoms with Gasteiger partial charge < -0.3 is 0 Å². The third-order valence-electron chi connectivity index (χ3n) is 2.26. The summed E-state index contributed by atoms with van der Waals surface area (Å²) >= 11 is 5.57. The van der Waals surface area contributed by atoms with Crippen molar-refractivity contribution >= 4 is 21.4 Å². The molecule has 0 spiro atoms. The van der Waals surface area contributed by atoms with Crippen LogP contribution in [0.1, 0.15) is 0 Å². The fourth-order valence-corrected chi connectivity index (χ4v) is 3.02. The van der Waals surface area contributed by atoms with Gasteiger partial charge in [-0.2, -0.15) is 0 Å². The minimum absolute atomic E-state index is 0.0427. The van der Waals surface area contributed by atoms with E-state index in [0.29, 0.717) is 0 Å². The molecule has 0 aromatic heterocycles. The van der Waals surface area contributed by atoms with E-state index in [9.17, 15) is 12.8 Å². The standard InChI is InChI=1S/C12H8ClFO2S/c13-10-7-4-8-11(12(10)14)17(15,16)9-5-2-1-3-6-9/h1-8H. The quantitative estimate of drug-likeness (QED) is 0.839. The Bertz CT molecular complexity index is 639. The second-order valence-electron chi connectivity index (χ2n) is 3.37. The summed E-state index contributed by atoms with van der Waals surface area (Å²) < 4.78 is 37.9. The SMILES string of the molecule is O=S(=O)(c1ccccc1)c1cccc(Cl)c1F. The third-order valence-corrected chi connectivity index (χ3v) is 4.34. The lowest BCUT2D eigenvalue weighted by atomic mass is 10.3. The summed E-state index contributed by atoms with van der Waals surface area (Å²) in [6.07, 6.45) is 0. The molecule has 88 valence electrons. The molecule has 0 saturated carbocycles. The van der Waals surface area contributed by atoms with Crippen LogP contribution in [0.15, 0.2) is 58.3 Å². The van der Waals surface area contributed by atoms with E-state index in [4.69, 9.17) is 11.6 Å². The van der Waals surface area contributed by atoms with Crippen LogP contribution in [-0.2, 0) is 9.84 Å². The maximum Gasteiger partial charge on any atom is 0.209 e. The molecule has 17 heavy (non-hydrogen) atoms. The topological polar surface area (TPSA) is 34.1 Å². The highest BCUT2D eigenvalue weighted by Crippen LogP contribution is 2.26. The summed E-state index contributed by atoms with van der Waals surface area (Å²) in [7, 11) is -3.85. The molecule has 0 heterocycles. The first-order valence-electron chi connectivity index (χ1n) is 4.77. The smallest absolute Gasteiger partial charge is 0.209 e. The van der Waals surface area contributed by atoms with Crippen molar-refractivity contribution in [3.8, 4) is 0 Å². The van der Waals surface area contributed by atoms with Crippen LogP contribution < -0.4 is 0 Å². The van der Waals surface area contributed by atoms with E-state index >= 15 is 0 Å². The summed E-state index contributed by atoms with van der Waals surface area (Å²) in [5, 5.41) is -0.206. The highest BCUT2D eigenvalue weighted by Gasteiger charge is 2.22. The number of rotatable bonds is 2. The van der Waals surface area contributed by atoms with Crippen LogP contribution in [0.5, 0.6) is 0 Å². The minimum atomic E-state index is -3.85. The summed E-state index contributed by atoms with van der Waals surface area (Å²) in [6.45, 7) is 0. The van der Waals surface area contributed by atoms with E-state index in [2.05, 4.69) is 0 Å². The van der Waals surface area contributed by atoms with Gasteiger partial charge in [-0.15, -0.1) is 0 Å². The van der Waals surface area contributed by atoms with E-state index in [0.717, 1.165) is 0 Å². The van der Waals surface area contributed by atoms with Gasteiger partial charge in [-0.3, -0.25) is 0 Å². The second-order valence-corrected chi connectivity index (χ2v) is 5.69. The normalized spacial score (nSPS) is 11.4. The lowest BCUT2D eigenvalue weighted by Gasteiger charge is -2.06. The average molecular weight is 271 g/mol. The van der Waals surface area contributed by atoms with Crippen LogP contribution >= 0.6 is 11.6 Å². The largest absolute Gasteiger partial charge is 0.218 e. The summed E-state index contributed by atoms with van der Waals surface area (Å²) in [5.41, 5.74) is 0. The van der Waals surface area contributed by atoms with E-state index in [1.54, 1.807) is 18.2 Å². The van der Waals surface area contributed by atoms with Crippen LogP contribution in [0.2, 0.25) is 5.02 Å². The summed E-state index contributed by atoms with van der Waals surface area (Å²) in [5.74, 6) is -0.919. The number of hydrogen-bond acceptors (Lipinski definition) is 2. The first-order valence-corrected chi connectivity index (χ1v) is 6.64. The van der Waals surface area contributed by atoms with E-state index in [1.807, 2.05) is 0 Å². The van der Waals surface area contributed by atoms with Crippen molar-refractivity contribution in [2.75, 3.05) is 0 Å². The number of hydrogen-bond donors (Lipinski definition) is 0. The Morgan fingerprint density at radius 3 is 2.24 bits per heavy atom. The summed E-state index contributed by atoms with van der Waals surface area (Å²) in [4.78, 5) is -0.364. The zero-order chi connectivity index (χ0) is 12.5. The Morgan fingerprint density at radius 1 is 0.941 bits per heavy atom. The van der Waals surface area contributed by atoms with Crippen molar-refractivity contribution in [2.24, 2.45) is 0 Å². The molecule has 0 bridgehead atoms. The van der Waals surface area contributed by atoms with Gasteiger partial charge >= 0.3 is 0 Å². The lowest BCUT2D eigenvalue weighted by molar-refractivity contribution is 0.567. The van der Waals surface area contributed by atoms with Gasteiger partial charge in [0.25, 0.3) is 0 Å². The Labute approximate surface area is 104 Å². The minimum Gasteiger partial charge on any atom is -0.218 e. The Balaban J connectivity index is 2.65. The van der Waals surface area contributed by atoms with E-state index in [1.165, 1.54) is 30.3 Å². The molecular formula is C12H8ClFO2S. The molecule has 2 rings (SSSR count). The fourth-order valence-electron chi connectivity index (χ4n) is 1.42. The lowest BCUT2D eigenvalue weighted by Crippen LogP contribution is -2.04. The molecule has 0 aliphatic heterocycles. The van der Waals surface area contributed by atoms with Gasteiger partial charge in [0.15, 0.2) is 5.82 Å². The molecule has 0 saturated heterocycles. The Hall–Kier alpha value is -1.39. The van der Waals surface area contributed by atoms with Crippen molar-refractivity contribution in [3.05, 3.63) is 59.4 Å². The maximum absolute atomic E-state index is 13.7.